The van der Waals surface area contributed by atoms with E-state index in [2.05, 4.69) is 28.0 Å². The zero-order valence-corrected chi connectivity index (χ0v) is 14.5. The largest absolute Gasteiger partial charge is 0.299 e. The van der Waals surface area contributed by atoms with Crippen molar-refractivity contribution < 1.29 is 4.79 Å². The molecule has 0 bridgehead atoms. The SMILES string of the molecule is CCc1nn(CC)c(CC(=O)Cc2ccc(Cl)cc2)c1Br. The highest BCUT2D eigenvalue weighted by atomic mass is 79.9. The number of aromatic nitrogens is 2. The Morgan fingerprint density at radius 3 is 2.48 bits per heavy atom. The Morgan fingerprint density at radius 1 is 1.24 bits per heavy atom. The van der Waals surface area contributed by atoms with Gasteiger partial charge in [0.15, 0.2) is 0 Å². The summed E-state index contributed by atoms with van der Waals surface area (Å²) < 4.78 is 2.87. The van der Waals surface area contributed by atoms with E-state index in [1.807, 2.05) is 35.9 Å². The number of ketones is 1. The number of benzene rings is 1. The van der Waals surface area contributed by atoms with Crippen LogP contribution in [0.3, 0.4) is 0 Å². The number of carbonyl (C=O) groups is 1. The van der Waals surface area contributed by atoms with Crippen LogP contribution in [-0.2, 0) is 30.6 Å². The van der Waals surface area contributed by atoms with Crippen molar-refractivity contribution in [3.05, 3.63) is 50.7 Å². The van der Waals surface area contributed by atoms with E-state index in [1.54, 1.807) is 0 Å². The Bertz CT molecular complexity index is 634. The van der Waals surface area contributed by atoms with E-state index < -0.39 is 0 Å². The van der Waals surface area contributed by atoms with Gasteiger partial charge in [0.1, 0.15) is 5.78 Å². The van der Waals surface area contributed by atoms with Crippen LogP contribution in [0.25, 0.3) is 0 Å². The summed E-state index contributed by atoms with van der Waals surface area (Å²) in [5.74, 6) is 0.176. The van der Waals surface area contributed by atoms with Gasteiger partial charge < -0.3 is 0 Å². The molecule has 0 radical (unpaired) electrons. The highest BCUT2D eigenvalue weighted by molar-refractivity contribution is 9.10. The van der Waals surface area contributed by atoms with Gasteiger partial charge in [0.2, 0.25) is 0 Å². The van der Waals surface area contributed by atoms with Gasteiger partial charge in [-0.2, -0.15) is 5.10 Å². The molecule has 112 valence electrons. The minimum absolute atomic E-state index is 0.176. The molecule has 0 fully saturated rings. The predicted octanol–water partition coefficient (Wildman–Crippen LogP) is 4.24. The van der Waals surface area contributed by atoms with Gasteiger partial charge in [-0.25, -0.2) is 0 Å². The zero-order chi connectivity index (χ0) is 15.4. The third-order valence-electron chi connectivity index (χ3n) is 3.37. The molecule has 0 unspecified atom stereocenters. The lowest BCUT2D eigenvalue weighted by Crippen LogP contribution is -2.12. The molecule has 1 aromatic carbocycles. The molecule has 0 N–H and O–H groups in total. The average molecular weight is 370 g/mol. The minimum atomic E-state index is 0.176. The van der Waals surface area contributed by atoms with Crippen molar-refractivity contribution in [2.24, 2.45) is 0 Å². The minimum Gasteiger partial charge on any atom is -0.299 e. The molecule has 0 aliphatic heterocycles. The Hall–Kier alpha value is -1.13. The summed E-state index contributed by atoms with van der Waals surface area (Å²) >= 11 is 9.43. The van der Waals surface area contributed by atoms with E-state index in [-0.39, 0.29) is 5.78 Å². The molecule has 2 rings (SSSR count). The molecule has 5 heteroatoms. The quantitative estimate of drug-likeness (QED) is 0.763. The molecule has 0 saturated heterocycles. The molecule has 1 heterocycles. The maximum Gasteiger partial charge on any atom is 0.143 e. The monoisotopic (exact) mass is 368 g/mol. The second-order valence-electron chi connectivity index (χ2n) is 4.90. The number of nitrogens with zero attached hydrogens (tertiary/aromatic N) is 2. The van der Waals surface area contributed by atoms with Gasteiger partial charge >= 0.3 is 0 Å². The Balaban J connectivity index is 2.12. The van der Waals surface area contributed by atoms with E-state index >= 15 is 0 Å². The molecular formula is C16H18BrClN2O. The first-order valence-electron chi connectivity index (χ1n) is 7.05. The summed E-state index contributed by atoms with van der Waals surface area (Å²) in [7, 11) is 0. The number of carbonyl (C=O) groups excluding carboxylic acids is 1. The first-order chi connectivity index (χ1) is 10.0. The summed E-state index contributed by atoms with van der Waals surface area (Å²) in [6.45, 7) is 4.86. The third kappa shape index (κ3) is 3.95. The standard InChI is InChI=1S/C16H18BrClN2O/c1-3-14-16(17)15(20(4-2)19-14)10-13(21)9-11-5-7-12(18)8-6-11/h5-8H,3-4,9-10H2,1-2H3. The number of aryl methyl sites for hydroxylation is 2. The van der Waals surface area contributed by atoms with Crippen molar-refractivity contribution in [3.8, 4) is 0 Å². The second kappa shape index (κ2) is 7.23. The predicted molar refractivity (Wildman–Crippen MR) is 88.8 cm³/mol. The van der Waals surface area contributed by atoms with Crippen LogP contribution in [0.5, 0.6) is 0 Å². The second-order valence-corrected chi connectivity index (χ2v) is 6.12. The maximum absolute atomic E-state index is 12.3. The molecule has 0 aliphatic carbocycles. The van der Waals surface area contributed by atoms with Crippen LogP contribution in [0.15, 0.2) is 28.7 Å². The van der Waals surface area contributed by atoms with Crippen molar-refractivity contribution in [1.82, 2.24) is 9.78 Å². The van der Waals surface area contributed by atoms with Crippen LogP contribution in [0.2, 0.25) is 5.02 Å². The highest BCUT2D eigenvalue weighted by Crippen LogP contribution is 2.23. The Labute approximate surface area is 138 Å². The van der Waals surface area contributed by atoms with Crippen LogP contribution in [-0.4, -0.2) is 15.6 Å². The third-order valence-corrected chi connectivity index (χ3v) is 4.54. The van der Waals surface area contributed by atoms with Gasteiger partial charge in [-0.1, -0.05) is 30.7 Å². The summed E-state index contributed by atoms with van der Waals surface area (Å²) in [5.41, 5.74) is 2.96. The Morgan fingerprint density at radius 2 is 1.90 bits per heavy atom. The fourth-order valence-electron chi connectivity index (χ4n) is 2.27. The topological polar surface area (TPSA) is 34.9 Å². The average Bonchev–Trinajstić information content (AvgIpc) is 2.77. The van der Waals surface area contributed by atoms with E-state index in [9.17, 15) is 4.79 Å². The molecule has 0 atom stereocenters. The van der Waals surface area contributed by atoms with E-state index in [0.717, 1.165) is 34.4 Å². The van der Waals surface area contributed by atoms with Gasteiger partial charge in [0.25, 0.3) is 0 Å². The summed E-state index contributed by atoms with van der Waals surface area (Å²) in [6.07, 6.45) is 1.66. The summed E-state index contributed by atoms with van der Waals surface area (Å²) in [5, 5.41) is 5.20. The van der Waals surface area contributed by atoms with E-state index in [0.29, 0.717) is 17.9 Å². The number of halogens is 2. The molecule has 3 nitrogen and oxygen atoms in total. The van der Waals surface area contributed by atoms with E-state index in [1.165, 1.54) is 0 Å². The van der Waals surface area contributed by atoms with Crippen LogP contribution >= 0.6 is 27.5 Å². The van der Waals surface area contributed by atoms with E-state index in [4.69, 9.17) is 11.6 Å². The van der Waals surface area contributed by atoms with Crippen molar-refractivity contribution >= 4 is 33.3 Å². The maximum atomic E-state index is 12.3. The van der Waals surface area contributed by atoms with Gasteiger partial charge in [-0.15, -0.1) is 0 Å². The number of rotatable bonds is 6. The first kappa shape index (κ1) is 16.2. The Kier molecular flexibility index (Phi) is 5.59. The van der Waals surface area contributed by atoms with Crippen LogP contribution < -0.4 is 0 Å². The first-order valence-corrected chi connectivity index (χ1v) is 8.22. The zero-order valence-electron chi connectivity index (χ0n) is 12.2. The van der Waals surface area contributed by atoms with Gasteiger partial charge in [0.05, 0.1) is 15.9 Å². The summed E-state index contributed by atoms with van der Waals surface area (Å²) in [4.78, 5) is 12.3. The number of hydrogen-bond donors (Lipinski definition) is 0. The molecular weight excluding hydrogens is 352 g/mol. The van der Waals surface area contributed by atoms with Crippen molar-refractivity contribution in [2.45, 2.75) is 39.7 Å². The molecule has 0 amide bonds. The molecule has 0 aliphatic rings. The van der Waals surface area contributed by atoms with Crippen molar-refractivity contribution in [3.63, 3.8) is 0 Å². The van der Waals surface area contributed by atoms with Gasteiger partial charge in [0, 0.05) is 24.4 Å². The lowest BCUT2D eigenvalue weighted by molar-refractivity contribution is -0.117. The van der Waals surface area contributed by atoms with Crippen molar-refractivity contribution in [2.75, 3.05) is 0 Å². The number of hydrogen-bond acceptors (Lipinski definition) is 2. The number of Topliss-reactive ketones (excluding diaryl/α,β-unsaturated/α-hetero) is 1. The fraction of sp³-hybridized carbons (Fsp3) is 0.375. The molecule has 1 aromatic heterocycles. The normalized spacial score (nSPS) is 10.9. The molecule has 2 aromatic rings. The smallest absolute Gasteiger partial charge is 0.143 e. The van der Waals surface area contributed by atoms with Gasteiger partial charge in [-0.05, 0) is 47.0 Å². The lowest BCUT2D eigenvalue weighted by Gasteiger charge is -2.05. The fourth-order valence-corrected chi connectivity index (χ4v) is 3.10. The molecule has 0 saturated carbocycles. The van der Waals surface area contributed by atoms with Gasteiger partial charge in [-0.3, -0.25) is 9.48 Å². The molecule has 0 spiro atoms. The van der Waals surface area contributed by atoms with Crippen LogP contribution in [0, 0.1) is 0 Å². The van der Waals surface area contributed by atoms with Crippen molar-refractivity contribution in [1.29, 1.82) is 0 Å². The van der Waals surface area contributed by atoms with Crippen LogP contribution in [0.4, 0.5) is 0 Å². The summed E-state index contributed by atoms with van der Waals surface area (Å²) in [6, 6.07) is 7.41. The molecule has 21 heavy (non-hydrogen) atoms. The lowest BCUT2D eigenvalue weighted by atomic mass is 10.1. The highest BCUT2D eigenvalue weighted by Gasteiger charge is 2.17. The van der Waals surface area contributed by atoms with Crippen LogP contribution in [0.1, 0.15) is 30.8 Å².